The number of halogens is 4. The highest BCUT2D eigenvalue weighted by molar-refractivity contribution is 7.07. The fraction of sp³-hybridized carbons (Fsp3) is 0.273. The topological polar surface area (TPSA) is 54.3 Å². The number of hydrogen-bond donors (Lipinski definition) is 2. The van der Waals surface area contributed by atoms with Gasteiger partial charge in [-0.1, -0.05) is 27.1 Å². The number of fused-ring (bicyclic) bond motifs is 1. The van der Waals surface area contributed by atoms with Crippen LogP contribution in [0.5, 0.6) is 0 Å². The summed E-state index contributed by atoms with van der Waals surface area (Å²) in [5, 5.41) is 14.5. The van der Waals surface area contributed by atoms with E-state index in [0.29, 0.717) is 11.8 Å². The Morgan fingerprint density at radius 3 is 2.52 bits per heavy atom. The average molecular weight is 452 g/mol. The van der Waals surface area contributed by atoms with Crippen LogP contribution >= 0.6 is 8.86 Å². The molecule has 164 valence electrons. The molecular formula is C22H21F4N2O2P. The molecule has 31 heavy (non-hydrogen) atoms. The van der Waals surface area contributed by atoms with Gasteiger partial charge in [0.25, 0.3) is 0 Å². The van der Waals surface area contributed by atoms with E-state index in [9.17, 15) is 27.5 Å². The van der Waals surface area contributed by atoms with E-state index in [-0.39, 0.29) is 24.6 Å². The summed E-state index contributed by atoms with van der Waals surface area (Å²) in [6.45, 7) is 3.62. The van der Waals surface area contributed by atoms with Crippen molar-refractivity contribution in [2.45, 2.75) is 32.5 Å². The first-order chi connectivity index (χ1) is 14.5. The lowest BCUT2D eigenvalue weighted by Crippen LogP contribution is -2.17. The first-order valence-corrected chi connectivity index (χ1v) is 9.98. The number of aliphatic hydroxyl groups is 1. The van der Waals surface area contributed by atoms with Crippen LogP contribution in [0.15, 0.2) is 42.6 Å². The normalized spacial score (nSPS) is 12.7. The summed E-state index contributed by atoms with van der Waals surface area (Å²) < 4.78 is 53.8. The van der Waals surface area contributed by atoms with Crippen LogP contribution in [0, 0.1) is 17.8 Å². The molecule has 1 aromatic heterocycles. The number of aromatic nitrogens is 1. The Hall–Kier alpha value is -2.70. The molecule has 0 aliphatic heterocycles. The van der Waals surface area contributed by atoms with E-state index in [1.54, 1.807) is 6.20 Å². The van der Waals surface area contributed by atoms with Gasteiger partial charge >= 0.3 is 6.18 Å². The zero-order valence-electron chi connectivity index (χ0n) is 16.8. The first-order valence-electron chi connectivity index (χ1n) is 9.48. The summed E-state index contributed by atoms with van der Waals surface area (Å²) in [7, 11) is 3.60. The standard InChI is InChI=1S/C22H21F4N2O2P/c1-12-3-5-16-15(7-8-28(21(16)31)13(2)11-29)20(12)27-19(30)10-14-4-6-17(18(23)9-14)22(24,25)26/h3-9,13,29,31H,10-11H2,1-2H3,(H,27,30)/t13-/m1/s1. The minimum atomic E-state index is -4.79. The van der Waals surface area contributed by atoms with Crippen LogP contribution in [-0.4, -0.2) is 22.2 Å². The van der Waals surface area contributed by atoms with Crippen molar-refractivity contribution >= 4 is 31.2 Å². The number of amides is 1. The van der Waals surface area contributed by atoms with Gasteiger partial charge in [-0.05, 0) is 43.2 Å². The summed E-state index contributed by atoms with van der Waals surface area (Å²) in [5.74, 6) is -1.89. The summed E-state index contributed by atoms with van der Waals surface area (Å²) in [6.07, 6.45) is -3.28. The third-order valence-electron chi connectivity index (χ3n) is 5.08. The van der Waals surface area contributed by atoms with Gasteiger partial charge in [0.05, 0.1) is 35.4 Å². The third-order valence-corrected chi connectivity index (χ3v) is 5.60. The third kappa shape index (κ3) is 4.81. The molecule has 0 saturated heterocycles. The number of rotatable bonds is 5. The molecule has 4 nitrogen and oxygen atoms in total. The molecule has 0 aliphatic carbocycles. The van der Waals surface area contributed by atoms with E-state index in [2.05, 4.69) is 14.2 Å². The fourth-order valence-electron chi connectivity index (χ4n) is 3.37. The molecule has 0 radical (unpaired) electrons. The van der Waals surface area contributed by atoms with Gasteiger partial charge in [0.2, 0.25) is 5.91 Å². The number of nitrogens with one attached hydrogen (secondary N) is 1. The lowest BCUT2D eigenvalue weighted by molar-refractivity contribution is -0.140. The van der Waals surface area contributed by atoms with Gasteiger partial charge in [-0.15, -0.1) is 0 Å². The number of alkyl halides is 3. The molecule has 2 aromatic carbocycles. The van der Waals surface area contributed by atoms with Gasteiger partial charge in [0.1, 0.15) is 5.82 Å². The summed E-state index contributed by atoms with van der Waals surface area (Å²) in [6, 6.07) is 7.82. The van der Waals surface area contributed by atoms with Gasteiger partial charge in [-0.3, -0.25) is 4.79 Å². The maximum atomic E-state index is 13.8. The summed E-state index contributed by atoms with van der Waals surface area (Å²) in [5.41, 5.74) is 0.115. The quantitative estimate of drug-likeness (QED) is 0.396. The molecule has 1 heterocycles. The number of carbonyl (C=O) groups is 1. The smallest absolute Gasteiger partial charge is 0.394 e. The maximum absolute atomic E-state index is 13.8. The molecular weight excluding hydrogens is 431 g/mol. The van der Waals surface area contributed by atoms with Crippen LogP contribution in [0.4, 0.5) is 23.2 Å². The van der Waals surface area contributed by atoms with Crippen LogP contribution in [0.1, 0.15) is 29.7 Å². The lowest BCUT2D eigenvalue weighted by Gasteiger charge is -2.18. The second-order valence-electron chi connectivity index (χ2n) is 7.36. The van der Waals surface area contributed by atoms with Crippen molar-refractivity contribution in [1.82, 2.24) is 4.57 Å². The highest BCUT2D eigenvalue weighted by Gasteiger charge is 2.33. The largest absolute Gasteiger partial charge is 0.419 e. The van der Waals surface area contributed by atoms with E-state index < -0.39 is 23.5 Å². The molecule has 1 atom stereocenters. The maximum Gasteiger partial charge on any atom is 0.419 e. The Kier molecular flexibility index (Phi) is 6.53. The van der Waals surface area contributed by atoms with Crippen molar-refractivity contribution in [3.63, 3.8) is 0 Å². The van der Waals surface area contributed by atoms with Crippen molar-refractivity contribution in [2.75, 3.05) is 11.9 Å². The monoisotopic (exact) mass is 452 g/mol. The zero-order chi connectivity index (χ0) is 22.9. The first kappa shape index (κ1) is 23.0. The van der Waals surface area contributed by atoms with Crippen LogP contribution in [0.3, 0.4) is 0 Å². The Labute approximate surface area is 178 Å². The van der Waals surface area contributed by atoms with Crippen molar-refractivity contribution in [3.8, 4) is 0 Å². The highest BCUT2D eigenvalue weighted by Crippen LogP contribution is 2.32. The van der Waals surface area contributed by atoms with Crippen LogP contribution in [0.25, 0.3) is 10.8 Å². The van der Waals surface area contributed by atoms with E-state index in [4.69, 9.17) is 0 Å². The summed E-state index contributed by atoms with van der Waals surface area (Å²) in [4.78, 5) is 12.6. The minimum Gasteiger partial charge on any atom is -0.394 e. The second-order valence-corrected chi connectivity index (χ2v) is 7.83. The minimum absolute atomic E-state index is 0.0488. The SMILES string of the molecule is Cc1ccc2c(=P)n([C@H](C)CO)ccc2c1NC(=O)Cc1ccc(C(F)(F)F)c(F)c1. The Balaban J connectivity index is 1.90. The van der Waals surface area contributed by atoms with Gasteiger partial charge in [-0.2, -0.15) is 13.2 Å². The second kappa shape index (κ2) is 8.81. The van der Waals surface area contributed by atoms with Crippen molar-refractivity contribution < 1.29 is 27.5 Å². The van der Waals surface area contributed by atoms with E-state index >= 15 is 0 Å². The van der Waals surface area contributed by atoms with Crippen LogP contribution in [0.2, 0.25) is 0 Å². The zero-order valence-corrected chi connectivity index (χ0v) is 17.8. The average Bonchev–Trinajstić information content (AvgIpc) is 2.69. The molecule has 0 spiro atoms. The van der Waals surface area contributed by atoms with Crippen LogP contribution in [-0.2, 0) is 17.4 Å². The number of anilines is 1. The molecule has 0 aliphatic rings. The number of pyridine rings is 1. The number of aryl methyl sites for hydroxylation is 1. The lowest BCUT2D eigenvalue weighted by atomic mass is 10.0. The van der Waals surface area contributed by atoms with E-state index in [1.807, 2.05) is 36.6 Å². The molecule has 0 fully saturated rings. The Morgan fingerprint density at radius 2 is 1.90 bits per heavy atom. The van der Waals surface area contributed by atoms with E-state index in [0.717, 1.165) is 33.5 Å². The molecule has 3 aromatic rings. The molecule has 0 unspecified atom stereocenters. The van der Waals surface area contributed by atoms with Crippen LogP contribution < -0.4 is 5.32 Å². The number of nitrogens with zero attached hydrogens (tertiary/aromatic N) is 1. The van der Waals surface area contributed by atoms with Crippen molar-refractivity contribution in [1.29, 1.82) is 0 Å². The Morgan fingerprint density at radius 1 is 1.19 bits per heavy atom. The van der Waals surface area contributed by atoms with Crippen molar-refractivity contribution in [2.24, 2.45) is 0 Å². The predicted molar refractivity (Wildman–Crippen MR) is 114 cm³/mol. The number of hydrogen-bond acceptors (Lipinski definition) is 2. The van der Waals surface area contributed by atoms with Gasteiger partial charge in [-0.25, -0.2) is 4.39 Å². The molecule has 1 amide bonds. The van der Waals surface area contributed by atoms with E-state index in [1.165, 1.54) is 0 Å². The van der Waals surface area contributed by atoms with Gasteiger partial charge < -0.3 is 15.0 Å². The number of benzene rings is 2. The van der Waals surface area contributed by atoms with Gasteiger partial charge in [0, 0.05) is 17.0 Å². The predicted octanol–water partition coefficient (Wildman–Crippen LogP) is 5.52. The summed E-state index contributed by atoms with van der Waals surface area (Å²) >= 11 is 0. The fourth-order valence-corrected chi connectivity index (χ4v) is 3.88. The number of aliphatic hydroxyl groups excluding tert-OH is 1. The molecule has 2 N–H and O–H groups in total. The van der Waals surface area contributed by atoms with Crippen molar-refractivity contribution in [3.05, 3.63) is 70.2 Å². The molecule has 3 rings (SSSR count). The highest BCUT2D eigenvalue weighted by atomic mass is 31.0. The molecule has 9 heteroatoms. The number of carbonyl (C=O) groups excluding carboxylic acids is 1. The molecule has 0 saturated carbocycles. The Bertz CT molecular complexity index is 1200. The van der Waals surface area contributed by atoms with Gasteiger partial charge in [0.15, 0.2) is 0 Å². The molecule has 0 bridgehead atoms.